The SMILES string of the molecule is Cc1scc(CNCC(F)F)c1-c1ccc(F)cc1. The molecule has 0 aliphatic rings. The van der Waals surface area contributed by atoms with Gasteiger partial charge in [0, 0.05) is 11.4 Å². The Bertz CT molecular complexity index is 534. The van der Waals surface area contributed by atoms with E-state index in [1.165, 1.54) is 12.1 Å². The van der Waals surface area contributed by atoms with Gasteiger partial charge >= 0.3 is 0 Å². The molecule has 0 aliphatic heterocycles. The molecular weight excluding hydrogens is 271 g/mol. The number of alkyl halides is 2. The molecule has 1 N–H and O–H groups in total. The average Bonchev–Trinajstić information content (AvgIpc) is 2.72. The monoisotopic (exact) mass is 285 g/mol. The fourth-order valence-corrected chi connectivity index (χ4v) is 2.84. The molecule has 0 saturated heterocycles. The third kappa shape index (κ3) is 3.58. The van der Waals surface area contributed by atoms with Crippen LogP contribution in [-0.2, 0) is 6.54 Å². The van der Waals surface area contributed by atoms with Crippen molar-refractivity contribution in [3.8, 4) is 11.1 Å². The van der Waals surface area contributed by atoms with Crippen LogP contribution in [0.4, 0.5) is 13.2 Å². The van der Waals surface area contributed by atoms with Gasteiger partial charge in [-0.25, -0.2) is 13.2 Å². The Morgan fingerprint density at radius 3 is 2.53 bits per heavy atom. The van der Waals surface area contributed by atoms with Crippen molar-refractivity contribution in [2.75, 3.05) is 6.54 Å². The lowest BCUT2D eigenvalue weighted by Gasteiger charge is -2.07. The predicted octanol–water partition coefficient (Wildman–Crippen LogP) is 4.22. The first-order chi connectivity index (χ1) is 9.08. The Morgan fingerprint density at radius 1 is 1.21 bits per heavy atom. The normalized spacial score (nSPS) is 11.2. The molecule has 0 atom stereocenters. The highest BCUT2D eigenvalue weighted by Gasteiger charge is 2.11. The van der Waals surface area contributed by atoms with Crippen LogP contribution >= 0.6 is 11.3 Å². The lowest BCUT2D eigenvalue weighted by Crippen LogP contribution is -2.20. The molecule has 0 radical (unpaired) electrons. The van der Waals surface area contributed by atoms with Crippen LogP contribution in [0.15, 0.2) is 29.6 Å². The molecule has 1 heterocycles. The summed E-state index contributed by atoms with van der Waals surface area (Å²) in [6.45, 7) is 2.04. The molecule has 0 fully saturated rings. The van der Waals surface area contributed by atoms with Crippen LogP contribution in [0.2, 0.25) is 0 Å². The third-order valence-corrected chi connectivity index (χ3v) is 3.76. The van der Waals surface area contributed by atoms with E-state index in [0.29, 0.717) is 6.54 Å². The van der Waals surface area contributed by atoms with E-state index in [1.54, 1.807) is 23.5 Å². The number of benzene rings is 1. The van der Waals surface area contributed by atoms with Gasteiger partial charge in [0.15, 0.2) is 0 Å². The molecule has 0 saturated carbocycles. The molecule has 19 heavy (non-hydrogen) atoms. The first kappa shape index (κ1) is 14.1. The minimum absolute atomic E-state index is 0.283. The zero-order chi connectivity index (χ0) is 13.8. The van der Waals surface area contributed by atoms with Gasteiger partial charge in [0.1, 0.15) is 5.82 Å². The molecule has 0 spiro atoms. The second kappa shape index (κ2) is 6.21. The van der Waals surface area contributed by atoms with Crippen molar-refractivity contribution < 1.29 is 13.2 Å². The van der Waals surface area contributed by atoms with Gasteiger partial charge < -0.3 is 5.32 Å². The molecular formula is C14H14F3NS. The maximum atomic E-state index is 12.9. The quantitative estimate of drug-likeness (QED) is 0.867. The highest BCUT2D eigenvalue weighted by atomic mass is 32.1. The molecule has 5 heteroatoms. The molecule has 2 aromatic rings. The number of halogens is 3. The summed E-state index contributed by atoms with van der Waals surface area (Å²) in [6, 6.07) is 6.23. The summed E-state index contributed by atoms with van der Waals surface area (Å²) in [5.74, 6) is -0.283. The van der Waals surface area contributed by atoms with E-state index in [9.17, 15) is 13.2 Å². The zero-order valence-electron chi connectivity index (χ0n) is 10.4. The van der Waals surface area contributed by atoms with Crippen molar-refractivity contribution in [2.45, 2.75) is 19.9 Å². The Balaban J connectivity index is 2.20. The molecule has 0 unspecified atom stereocenters. The van der Waals surface area contributed by atoms with Crippen molar-refractivity contribution in [1.82, 2.24) is 5.32 Å². The van der Waals surface area contributed by atoms with Crippen LogP contribution in [0.25, 0.3) is 11.1 Å². The van der Waals surface area contributed by atoms with Gasteiger partial charge in [-0.05, 0) is 41.1 Å². The molecule has 1 aromatic heterocycles. The number of hydrogen-bond donors (Lipinski definition) is 1. The topological polar surface area (TPSA) is 12.0 Å². The smallest absolute Gasteiger partial charge is 0.250 e. The van der Waals surface area contributed by atoms with E-state index in [2.05, 4.69) is 5.32 Å². The number of hydrogen-bond acceptors (Lipinski definition) is 2. The Labute approximate surface area is 114 Å². The van der Waals surface area contributed by atoms with Crippen molar-refractivity contribution in [3.05, 3.63) is 45.9 Å². The van der Waals surface area contributed by atoms with Gasteiger partial charge in [-0.2, -0.15) is 0 Å². The summed E-state index contributed by atoms with van der Waals surface area (Å²) in [6.07, 6.45) is -2.35. The highest BCUT2D eigenvalue weighted by molar-refractivity contribution is 7.10. The molecule has 0 amide bonds. The summed E-state index contributed by atoms with van der Waals surface area (Å²) < 4.78 is 37.1. The van der Waals surface area contributed by atoms with Gasteiger partial charge in [-0.1, -0.05) is 12.1 Å². The minimum atomic E-state index is -2.35. The van der Waals surface area contributed by atoms with Crippen LogP contribution in [0.3, 0.4) is 0 Å². The van der Waals surface area contributed by atoms with Crippen LogP contribution in [-0.4, -0.2) is 13.0 Å². The first-order valence-corrected chi connectivity index (χ1v) is 6.77. The fourth-order valence-electron chi connectivity index (χ4n) is 1.95. The number of aryl methyl sites for hydroxylation is 1. The van der Waals surface area contributed by atoms with E-state index in [-0.39, 0.29) is 12.4 Å². The van der Waals surface area contributed by atoms with Gasteiger partial charge in [-0.15, -0.1) is 11.3 Å². The fraction of sp³-hybridized carbons (Fsp3) is 0.286. The van der Waals surface area contributed by atoms with E-state index < -0.39 is 6.43 Å². The minimum Gasteiger partial charge on any atom is -0.307 e. The second-order valence-corrected chi connectivity index (χ2v) is 5.30. The van der Waals surface area contributed by atoms with Crippen molar-refractivity contribution in [2.24, 2.45) is 0 Å². The molecule has 102 valence electrons. The average molecular weight is 285 g/mol. The van der Waals surface area contributed by atoms with Gasteiger partial charge in [0.05, 0.1) is 6.54 Å². The maximum Gasteiger partial charge on any atom is 0.250 e. The first-order valence-electron chi connectivity index (χ1n) is 5.89. The molecule has 2 rings (SSSR count). The summed E-state index contributed by atoms with van der Waals surface area (Å²) in [7, 11) is 0. The van der Waals surface area contributed by atoms with E-state index in [1.807, 2.05) is 12.3 Å². The number of thiophene rings is 1. The number of rotatable bonds is 5. The van der Waals surface area contributed by atoms with E-state index in [0.717, 1.165) is 21.6 Å². The Morgan fingerprint density at radius 2 is 1.89 bits per heavy atom. The standard InChI is InChI=1S/C14H14F3NS/c1-9-14(10-2-4-12(15)5-3-10)11(8-19-9)6-18-7-13(16)17/h2-5,8,13,18H,6-7H2,1H3. The summed E-state index contributed by atoms with van der Waals surface area (Å²) in [4.78, 5) is 1.10. The van der Waals surface area contributed by atoms with Gasteiger partial charge in [0.25, 0.3) is 6.43 Å². The van der Waals surface area contributed by atoms with Crippen LogP contribution in [0.5, 0.6) is 0 Å². The lowest BCUT2D eigenvalue weighted by molar-refractivity contribution is 0.145. The molecule has 0 aliphatic carbocycles. The maximum absolute atomic E-state index is 12.9. The Kier molecular flexibility index (Phi) is 4.61. The molecule has 0 bridgehead atoms. The van der Waals surface area contributed by atoms with Crippen LogP contribution < -0.4 is 5.32 Å². The largest absolute Gasteiger partial charge is 0.307 e. The van der Waals surface area contributed by atoms with Gasteiger partial charge in [0.2, 0.25) is 0 Å². The molecule has 1 aromatic carbocycles. The third-order valence-electron chi connectivity index (χ3n) is 2.80. The van der Waals surface area contributed by atoms with Crippen molar-refractivity contribution in [1.29, 1.82) is 0 Å². The lowest BCUT2D eigenvalue weighted by atomic mass is 10.0. The summed E-state index contributed by atoms with van der Waals surface area (Å²) in [5, 5.41) is 4.67. The summed E-state index contributed by atoms with van der Waals surface area (Å²) >= 11 is 1.57. The van der Waals surface area contributed by atoms with E-state index >= 15 is 0 Å². The number of nitrogens with one attached hydrogen (secondary N) is 1. The zero-order valence-corrected chi connectivity index (χ0v) is 11.2. The highest BCUT2D eigenvalue weighted by Crippen LogP contribution is 2.32. The van der Waals surface area contributed by atoms with Crippen LogP contribution in [0.1, 0.15) is 10.4 Å². The van der Waals surface area contributed by atoms with Crippen molar-refractivity contribution >= 4 is 11.3 Å². The Hall–Kier alpha value is -1.33. The predicted molar refractivity (Wildman–Crippen MR) is 72.2 cm³/mol. The van der Waals surface area contributed by atoms with E-state index in [4.69, 9.17) is 0 Å². The van der Waals surface area contributed by atoms with Crippen LogP contribution in [0, 0.1) is 12.7 Å². The second-order valence-electron chi connectivity index (χ2n) is 4.22. The van der Waals surface area contributed by atoms with Crippen molar-refractivity contribution in [3.63, 3.8) is 0 Å². The van der Waals surface area contributed by atoms with Gasteiger partial charge in [-0.3, -0.25) is 0 Å². The molecule has 1 nitrogen and oxygen atoms in total. The summed E-state index contributed by atoms with van der Waals surface area (Å²) in [5.41, 5.74) is 2.88.